The van der Waals surface area contributed by atoms with Crippen LogP contribution in [-0.4, -0.2) is 26.9 Å². The second kappa shape index (κ2) is 7.26. The Hall–Kier alpha value is -3.10. The first-order chi connectivity index (χ1) is 12.8. The maximum absolute atomic E-state index is 13.0. The molecule has 0 unspecified atom stereocenters. The van der Waals surface area contributed by atoms with Crippen LogP contribution in [0.5, 0.6) is 5.75 Å². The lowest BCUT2D eigenvalue weighted by Crippen LogP contribution is -2.13. The van der Waals surface area contributed by atoms with Gasteiger partial charge in [-0.3, -0.25) is 9.38 Å². The van der Waals surface area contributed by atoms with E-state index in [1.165, 1.54) is 22.7 Å². The van der Waals surface area contributed by atoms with Crippen molar-refractivity contribution >= 4 is 11.6 Å². The van der Waals surface area contributed by atoms with Crippen molar-refractivity contribution in [3.05, 3.63) is 59.3 Å². The van der Waals surface area contributed by atoms with Gasteiger partial charge in [-0.25, -0.2) is 9.78 Å². The molecule has 27 heavy (non-hydrogen) atoms. The molecule has 3 rings (SSSR count). The Balaban J connectivity index is 1.89. The van der Waals surface area contributed by atoms with E-state index in [9.17, 15) is 18.0 Å². The lowest BCUT2D eigenvalue weighted by Gasteiger charge is -2.12. The number of pyridine rings is 2. The zero-order chi connectivity index (χ0) is 19.6. The van der Waals surface area contributed by atoms with E-state index in [1.807, 2.05) is 0 Å². The molecule has 142 valence electrons. The topological polar surface area (TPSA) is 65.7 Å². The summed E-state index contributed by atoms with van der Waals surface area (Å²) in [5, 5.41) is 0. The molecule has 0 fully saturated rings. The van der Waals surface area contributed by atoms with Crippen LogP contribution in [0, 0.1) is 6.92 Å². The van der Waals surface area contributed by atoms with E-state index >= 15 is 0 Å². The molecule has 9 heteroatoms. The summed E-state index contributed by atoms with van der Waals surface area (Å²) < 4.78 is 51.1. The van der Waals surface area contributed by atoms with Gasteiger partial charge in [-0.1, -0.05) is 6.07 Å². The van der Waals surface area contributed by atoms with E-state index in [4.69, 9.17) is 9.47 Å². The Morgan fingerprint density at radius 1 is 1.26 bits per heavy atom. The van der Waals surface area contributed by atoms with Crippen LogP contribution >= 0.6 is 0 Å². The second-order valence-corrected chi connectivity index (χ2v) is 5.66. The van der Waals surface area contributed by atoms with Crippen LogP contribution in [0.2, 0.25) is 0 Å². The molecule has 3 heterocycles. The molecule has 0 amide bonds. The molecular weight excluding hydrogens is 363 g/mol. The number of hydrogen-bond acceptors (Lipinski definition) is 5. The van der Waals surface area contributed by atoms with E-state index < -0.39 is 17.8 Å². The van der Waals surface area contributed by atoms with Gasteiger partial charge in [0.2, 0.25) is 0 Å². The van der Waals surface area contributed by atoms with Crippen LogP contribution in [-0.2, 0) is 17.5 Å². The summed E-state index contributed by atoms with van der Waals surface area (Å²) in [7, 11) is 0. The van der Waals surface area contributed by atoms with Gasteiger partial charge in [-0.2, -0.15) is 13.2 Å². The second-order valence-electron chi connectivity index (χ2n) is 5.66. The molecule has 0 N–H and O–H groups in total. The van der Waals surface area contributed by atoms with Crippen LogP contribution in [0.15, 0.2) is 36.7 Å². The van der Waals surface area contributed by atoms with Crippen molar-refractivity contribution < 1.29 is 27.4 Å². The van der Waals surface area contributed by atoms with Crippen LogP contribution in [0.3, 0.4) is 0 Å². The molecule has 3 aromatic rings. The van der Waals surface area contributed by atoms with Crippen molar-refractivity contribution in [1.29, 1.82) is 0 Å². The third-order valence-corrected chi connectivity index (χ3v) is 3.79. The summed E-state index contributed by atoms with van der Waals surface area (Å²) in [6.07, 6.45) is -1.99. The number of aryl methyl sites for hydroxylation is 1. The first-order valence-electron chi connectivity index (χ1n) is 8.11. The average Bonchev–Trinajstić information content (AvgIpc) is 2.94. The number of alkyl halides is 3. The van der Waals surface area contributed by atoms with Crippen LogP contribution < -0.4 is 4.74 Å². The minimum absolute atomic E-state index is 0.0856. The number of nitrogens with zero attached hydrogens (tertiary/aromatic N) is 3. The number of carbonyl (C=O) groups excluding carboxylic acids is 1. The molecule has 6 nitrogen and oxygen atoms in total. The molecule has 0 aliphatic carbocycles. The minimum atomic E-state index is -4.57. The van der Waals surface area contributed by atoms with Crippen molar-refractivity contribution in [2.75, 3.05) is 6.61 Å². The normalized spacial score (nSPS) is 11.6. The molecule has 0 atom stereocenters. The van der Waals surface area contributed by atoms with Gasteiger partial charge in [0.15, 0.2) is 11.4 Å². The van der Waals surface area contributed by atoms with Gasteiger partial charge >= 0.3 is 12.1 Å². The highest BCUT2D eigenvalue weighted by Gasteiger charge is 2.35. The first-order valence-corrected chi connectivity index (χ1v) is 8.11. The lowest BCUT2D eigenvalue weighted by molar-refractivity contribution is -0.142. The number of ether oxygens (including phenoxy) is 2. The number of hydrogen-bond donors (Lipinski definition) is 0. The smallest absolute Gasteiger partial charge is 0.433 e. The van der Waals surface area contributed by atoms with Gasteiger partial charge in [0.25, 0.3) is 0 Å². The van der Waals surface area contributed by atoms with Gasteiger partial charge < -0.3 is 9.47 Å². The standard InChI is InChI=1S/C18H16F3N3O3/c1-3-26-17(25)15-11(2)23-14-7-6-13(9-24(14)15)27-10-12-5-4-8-22-16(12)18(19,20)21/h4-9H,3,10H2,1-2H3. The molecule has 0 saturated heterocycles. The fraction of sp³-hybridized carbons (Fsp3) is 0.278. The number of halogens is 3. The number of aromatic nitrogens is 3. The van der Waals surface area contributed by atoms with E-state index in [0.717, 1.165) is 6.20 Å². The SMILES string of the molecule is CCOC(=O)c1c(C)nc2ccc(OCc3cccnc3C(F)(F)F)cn12. The molecule has 0 bridgehead atoms. The first kappa shape index (κ1) is 18.7. The van der Waals surface area contributed by atoms with Crippen LogP contribution in [0.25, 0.3) is 5.65 Å². The molecule has 0 aliphatic rings. The summed E-state index contributed by atoms with van der Waals surface area (Å²) in [4.78, 5) is 19.8. The zero-order valence-electron chi connectivity index (χ0n) is 14.6. The predicted molar refractivity (Wildman–Crippen MR) is 89.5 cm³/mol. The maximum atomic E-state index is 13.0. The summed E-state index contributed by atoms with van der Waals surface area (Å²) in [5.41, 5.74) is 0.154. The van der Waals surface area contributed by atoms with Crippen molar-refractivity contribution in [1.82, 2.24) is 14.4 Å². The fourth-order valence-electron chi connectivity index (χ4n) is 2.65. The van der Waals surface area contributed by atoms with Gasteiger partial charge in [0, 0.05) is 11.8 Å². The highest BCUT2D eigenvalue weighted by Crippen LogP contribution is 2.30. The molecule has 0 saturated carbocycles. The van der Waals surface area contributed by atoms with Gasteiger partial charge in [0.05, 0.1) is 18.5 Å². The van der Waals surface area contributed by atoms with E-state index in [-0.39, 0.29) is 30.2 Å². The zero-order valence-corrected chi connectivity index (χ0v) is 14.6. The number of esters is 1. The maximum Gasteiger partial charge on any atom is 0.433 e. The molecule has 0 spiro atoms. The fourth-order valence-corrected chi connectivity index (χ4v) is 2.65. The van der Waals surface area contributed by atoms with E-state index in [0.29, 0.717) is 11.3 Å². The van der Waals surface area contributed by atoms with Gasteiger partial charge in [-0.05, 0) is 32.0 Å². The highest BCUT2D eigenvalue weighted by atomic mass is 19.4. The molecular formula is C18H16F3N3O3. The third-order valence-electron chi connectivity index (χ3n) is 3.79. The van der Waals surface area contributed by atoms with Gasteiger partial charge in [-0.15, -0.1) is 0 Å². The van der Waals surface area contributed by atoms with Crippen molar-refractivity contribution in [2.24, 2.45) is 0 Å². The van der Waals surface area contributed by atoms with E-state index in [1.54, 1.807) is 26.0 Å². The Kier molecular flexibility index (Phi) is 5.02. The number of fused-ring (bicyclic) bond motifs is 1. The Morgan fingerprint density at radius 3 is 2.74 bits per heavy atom. The Morgan fingerprint density at radius 2 is 2.04 bits per heavy atom. The molecule has 3 aromatic heterocycles. The van der Waals surface area contributed by atoms with Crippen molar-refractivity contribution in [3.8, 4) is 5.75 Å². The highest BCUT2D eigenvalue weighted by molar-refractivity contribution is 5.90. The van der Waals surface area contributed by atoms with Crippen molar-refractivity contribution in [2.45, 2.75) is 26.6 Å². The number of carbonyl (C=O) groups is 1. The van der Waals surface area contributed by atoms with Crippen LogP contribution in [0.4, 0.5) is 13.2 Å². The minimum Gasteiger partial charge on any atom is -0.487 e. The van der Waals surface area contributed by atoms with Gasteiger partial charge in [0.1, 0.15) is 18.0 Å². The Labute approximate surface area is 152 Å². The lowest BCUT2D eigenvalue weighted by atomic mass is 10.2. The van der Waals surface area contributed by atoms with Crippen LogP contribution in [0.1, 0.15) is 34.4 Å². The molecule has 0 aromatic carbocycles. The number of imidazole rings is 1. The Bertz CT molecular complexity index is 983. The third kappa shape index (κ3) is 3.86. The summed E-state index contributed by atoms with van der Waals surface area (Å²) in [6.45, 7) is 3.25. The number of rotatable bonds is 5. The summed E-state index contributed by atoms with van der Waals surface area (Å²) >= 11 is 0. The quantitative estimate of drug-likeness (QED) is 0.631. The summed E-state index contributed by atoms with van der Waals surface area (Å²) in [6, 6.07) is 5.90. The molecule has 0 aliphatic heterocycles. The average molecular weight is 379 g/mol. The largest absolute Gasteiger partial charge is 0.487 e. The monoisotopic (exact) mass is 379 g/mol. The molecule has 0 radical (unpaired) electrons. The summed E-state index contributed by atoms with van der Waals surface area (Å²) in [5.74, 6) is -0.256. The predicted octanol–water partition coefficient (Wildman–Crippen LogP) is 3.81. The van der Waals surface area contributed by atoms with E-state index in [2.05, 4.69) is 9.97 Å². The van der Waals surface area contributed by atoms with Crippen molar-refractivity contribution in [3.63, 3.8) is 0 Å².